The topological polar surface area (TPSA) is 95.6 Å². The van der Waals surface area contributed by atoms with Crippen LogP contribution in [0.25, 0.3) is 0 Å². The molecule has 146 valence electrons. The van der Waals surface area contributed by atoms with Gasteiger partial charge in [-0.1, -0.05) is 39.3 Å². The Labute approximate surface area is 168 Å². The maximum Gasteiger partial charge on any atom is 0.232 e. The van der Waals surface area contributed by atoms with Crippen LogP contribution in [0, 0.1) is 5.92 Å². The van der Waals surface area contributed by atoms with Crippen molar-refractivity contribution in [2.45, 2.75) is 65.8 Å². The average Bonchev–Trinajstić information content (AvgIpc) is 2.99. The average molecular weight is 467 g/mol. The molecule has 0 spiro atoms. The lowest BCUT2D eigenvalue weighted by atomic mass is 9.97. The minimum atomic E-state index is -0.157. The Kier molecular flexibility index (Phi) is 12.0. The molecular weight excluding hydrogens is 433 g/mol. The summed E-state index contributed by atoms with van der Waals surface area (Å²) >= 11 is 0. The zero-order valence-electron chi connectivity index (χ0n) is 16.1. The number of aliphatic imine (C=N–C) groups is 1. The fraction of sp³-hybridized carbons (Fsp3) is 0.824. The van der Waals surface area contributed by atoms with Crippen molar-refractivity contribution in [3.05, 3.63) is 11.7 Å². The molecule has 1 atom stereocenters. The monoisotopic (exact) mass is 467 g/mol. The van der Waals surface area contributed by atoms with Crippen LogP contribution in [0.2, 0.25) is 0 Å². The molecule has 1 heterocycles. The summed E-state index contributed by atoms with van der Waals surface area (Å²) in [5, 5.41) is 19.7. The maximum atomic E-state index is 9.15. The van der Waals surface area contributed by atoms with E-state index in [0.717, 1.165) is 38.3 Å². The van der Waals surface area contributed by atoms with Gasteiger partial charge >= 0.3 is 0 Å². The normalized spacial score (nSPS) is 13.3. The van der Waals surface area contributed by atoms with Crippen molar-refractivity contribution in [1.82, 2.24) is 20.8 Å². The number of aromatic nitrogens is 2. The number of nitrogens with zero attached hydrogens (tertiary/aromatic N) is 3. The van der Waals surface area contributed by atoms with E-state index in [0.29, 0.717) is 24.2 Å². The Morgan fingerprint density at radius 1 is 1.24 bits per heavy atom. The van der Waals surface area contributed by atoms with Gasteiger partial charge in [0.15, 0.2) is 11.8 Å². The van der Waals surface area contributed by atoms with Crippen molar-refractivity contribution in [2.24, 2.45) is 10.9 Å². The Morgan fingerprint density at radius 3 is 2.48 bits per heavy atom. The maximum absolute atomic E-state index is 9.15. The van der Waals surface area contributed by atoms with E-state index in [2.05, 4.69) is 32.7 Å². The smallest absolute Gasteiger partial charge is 0.232 e. The minimum absolute atomic E-state index is 0. The Hall–Kier alpha value is -0.900. The highest BCUT2D eigenvalue weighted by Crippen LogP contribution is 2.19. The van der Waals surface area contributed by atoms with E-state index in [-0.39, 0.29) is 36.0 Å². The Bertz CT molecular complexity index is 493. The first-order valence-corrected chi connectivity index (χ1v) is 8.86. The van der Waals surface area contributed by atoms with Gasteiger partial charge in [0, 0.05) is 25.1 Å². The molecule has 0 saturated carbocycles. The van der Waals surface area contributed by atoms with Crippen molar-refractivity contribution in [2.75, 3.05) is 19.7 Å². The number of hydrogen-bond acceptors (Lipinski definition) is 5. The predicted molar refractivity (Wildman–Crippen MR) is 111 cm³/mol. The molecule has 0 bridgehead atoms. The zero-order chi connectivity index (χ0) is 18.0. The number of aliphatic hydroxyl groups is 1. The minimum Gasteiger partial charge on any atom is -0.396 e. The number of hydrogen-bond donors (Lipinski definition) is 3. The largest absolute Gasteiger partial charge is 0.396 e. The molecule has 3 N–H and O–H groups in total. The van der Waals surface area contributed by atoms with Crippen molar-refractivity contribution in [1.29, 1.82) is 0 Å². The molecule has 0 aliphatic carbocycles. The quantitative estimate of drug-likeness (QED) is 0.294. The first-order chi connectivity index (χ1) is 11.4. The molecule has 1 rings (SSSR count). The number of guanidine groups is 1. The summed E-state index contributed by atoms with van der Waals surface area (Å²) in [4.78, 5) is 8.91. The molecular formula is C17H34IN5O2. The number of rotatable bonds is 9. The van der Waals surface area contributed by atoms with Crippen LogP contribution in [0.1, 0.15) is 65.6 Å². The molecule has 1 aromatic rings. The van der Waals surface area contributed by atoms with Crippen LogP contribution < -0.4 is 10.6 Å². The second-order valence-corrected chi connectivity index (χ2v) is 7.01. The molecule has 0 aliphatic rings. The van der Waals surface area contributed by atoms with E-state index < -0.39 is 0 Å². The van der Waals surface area contributed by atoms with Gasteiger partial charge in [0.05, 0.1) is 0 Å². The van der Waals surface area contributed by atoms with Crippen molar-refractivity contribution in [3.63, 3.8) is 0 Å². The van der Waals surface area contributed by atoms with E-state index in [1.807, 2.05) is 27.7 Å². The van der Waals surface area contributed by atoms with Gasteiger partial charge in [-0.25, -0.2) is 4.99 Å². The molecule has 1 unspecified atom stereocenters. The first kappa shape index (κ1) is 24.1. The molecule has 0 aromatic carbocycles. The fourth-order valence-corrected chi connectivity index (χ4v) is 2.29. The summed E-state index contributed by atoms with van der Waals surface area (Å²) < 4.78 is 5.28. The lowest BCUT2D eigenvalue weighted by Gasteiger charge is -2.18. The highest BCUT2D eigenvalue weighted by atomic mass is 127. The second-order valence-electron chi connectivity index (χ2n) is 7.01. The van der Waals surface area contributed by atoms with Crippen LogP contribution in [-0.2, 0) is 12.0 Å². The van der Waals surface area contributed by atoms with Crippen molar-refractivity contribution in [3.8, 4) is 0 Å². The third-order valence-corrected chi connectivity index (χ3v) is 3.62. The molecule has 8 heteroatoms. The lowest BCUT2D eigenvalue weighted by molar-refractivity contribution is 0.251. The summed E-state index contributed by atoms with van der Waals surface area (Å²) in [6.45, 7) is 12.5. The van der Waals surface area contributed by atoms with Gasteiger partial charge in [-0.15, -0.1) is 24.0 Å². The summed E-state index contributed by atoms with van der Waals surface area (Å²) in [6.07, 6.45) is 3.01. The standard InChI is InChI=1S/C17H33N5O2.HI/c1-6-8-13(9-10-23)11-19-16(18-7-2)20-12-14-21-15(24-22-14)17(3,4)5;/h13,23H,6-12H2,1-5H3,(H2,18,19,20);1H. The van der Waals surface area contributed by atoms with Gasteiger partial charge in [0.2, 0.25) is 5.89 Å². The summed E-state index contributed by atoms with van der Waals surface area (Å²) in [7, 11) is 0. The SMILES string of the molecule is CCCC(CCO)CNC(=NCc1noc(C(C)(C)C)n1)NCC.I. The van der Waals surface area contributed by atoms with Crippen LogP contribution in [0.5, 0.6) is 0 Å². The first-order valence-electron chi connectivity index (χ1n) is 8.86. The molecule has 0 amide bonds. The molecule has 0 fully saturated rings. The molecule has 7 nitrogen and oxygen atoms in total. The summed E-state index contributed by atoms with van der Waals surface area (Å²) in [6, 6.07) is 0. The number of halogens is 1. The molecule has 0 aliphatic heterocycles. The third-order valence-electron chi connectivity index (χ3n) is 3.62. The zero-order valence-corrected chi connectivity index (χ0v) is 18.5. The van der Waals surface area contributed by atoms with Crippen LogP contribution in [0.4, 0.5) is 0 Å². The predicted octanol–water partition coefficient (Wildman–Crippen LogP) is 2.84. The number of aliphatic hydroxyl groups excluding tert-OH is 1. The molecule has 0 radical (unpaired) electrons. The van der Waals surface area contributed by atoms with E-state index in [1.54, 1.807) is 0 Å². The van der Waals surface area contributed by atoms with E-state index in [9.17, 15) is 0 Å². The van der Waals surface area contributed by atoms with E-state index in [1.165, 1.54) is 0 Å². The van der Waals surface area contributed by atoms with Gasteiger partial charge < -0.3 is 20.3 Å². The molecule has 0 saturated heterocycles. The van der Waals surface area contributed by atoms with Gasteiger partial charge in [-0.05, 0) is 25.7 Å². The van der Waals surface area contributed by atoms with E-state index >= 15 is 0 Å². The Morgan fingerprint density at radius 2 is 1.96 bits per heavy atom. The van der Waals surface area contributed by atoms with Crippen molar-refractivity contribution >= 4 is 29.9 Å². The van der Waals surface area contributed by atoms with Gasteiger partial charge in [0.25, 0.3) is 0 Å². The Balaban J connectivity index is 0.00000576. The van der Waals surface area contributed by atoms with Gasteiger partial charge in [-0.3, -0.25) is 0 Å². The van der Waals surface area contributed by atoms with E-state index in [4.69, 9.17) is 9.63 Å². The lowest BCUT2D eigenvalue weighted by Crippen LogP contribution is -2.40. The fourth-order valence-electron chi connectivity index (χ4n) is 2.29. The highest BCUT2D eigenvalue weighted by molar-refractivity contribution is 14.0. The summed E-state index contributed by atoms with van der Waals surface area (Å²) in [5.74, 6) is 2.38. The van der Waals surface area contributed by atoms with Crippen LogP contribution >= 0.6 is 24.0 Å². The van der Waals surface area contributed by atoms with Crippen LogP contribution in [-0.4, -0.2) is 40.9 Å². The van der Waals surface area contributed by atoms with Gasteiger partial charge in [-0.2, -0.15) is 4.98 Å². The molecule has 1 aromatic heterocycles. The summed E-state index contributed by atoms with van der Waals surface area (Å²) in [5.41, 5.74) is -0.157. The van der Waals surface area contributed by atoms with Crippen molar-refractivity contribution < 1.29 is 9.63 Å². The van der Waals surface area contributed by atoms with Crippen LogP contribution in [0.3, 0.4) is 0 Å². The highest BCUT2D eigenvalue weighted by Gasteiger charge is 2.21. The van der Waals surface area contributed by atoms with Gasteiger partial charge in [0.1, 0.15) is 6.54 Å². The second kappa shape index (κ2) is 12.5. The van der Waals surface area contributed by atoms with Crippen LogP contribution in [0.15, 0.2) is 9.52 Å². The number of nitrogens with one attached hydrogen (secondary N) is 2. The third kappa shape index (κ3) is 9.39. The molecule has 25 heavy (non-hydrogen) atoms.